The average molecular weight is 292 g/mol. The molecule has 0 bridgehead atoms. The van der Waals surface area contributed by atoms with Crippen molar-refractivity contribution in [1.82, 2.24) is 15.6 Å². The summed E-state index contributed by atoms with van der Waals surface area (Å²) in [5.74, 6) is 0.838. The SMILES string of the molecule is CCNc1cc(C(=O)NCCC(=O)NCC(C)C)ccn1. The van der Waals surface area contributed by atoms with Crippen LogP contribution in [0.2, 0.25) is 0 Å². The molecule has 0 aromatic carbocycles. The van der Waals surface area contributed by atoms with E-state index >= 15 is 0 Å². The second-order valence-electron chi connectivity index (χ2n) is 5.16. The normalized spacial score (nSPS) is 10.3. The van der Waals surface area contributed by atoms with E-state index in [9.17, 15) is 9.59 Å². The lowest BCUT2D eigenvalue weighted by Gasteiger charge is -2.09. The Morgan fingerprint density at radius 1 is 1.29 bits per heavy atom. The summed E-state index contributed by atoms with van der Waals surface area (Å²) in [7, 11) is 0. The van der Waals surface area contributed by atoms with E-state index in [4.69, 9.17) is 0 Å². The zero-order valence-corrected chi connectivity index (χ0v) is 12.9. The summed E-state index contributed by atoms with van der Waals surface area (Å²) in [4.78, 5) is 27.6. The summed E-state index contributed by atoms with van der Waals surface area (Å²) in [6.07, 6.45) is 1.87. The molecule has 1 heterocycles. The molecule has 116 valence electrons. The Morgan fingerprint density at radius 2 is 2.05 bits per heavy atom. The summed E-state index contributed by atoms with van der Waals surface area (Å²) < 4.78 is 0. The predicted octanol–water partition coefficient (Wildman–Crippen LogP) is 1.41. The van der Waals surface area contributed by atoms with Gasteiger partial charge in [0.15, 0.2) is 0 Å². The summed E-state index contributed by atoms with van der Waals surface area (Å²) in [5.41, 5.74) is 0.531. The Bertz CT molecular complexity index is 474. The molecular formula is C15H24N4O2. The Kier molecular flexibility index (Phi) is 7.21. The van der Waals surface area contributed by atoms with Gasteiger partial charge < -0.3 is 16.0 Å². The smallest absolute Gasteiger partial charge is 0.251 e. The van der Waals surface area contributed by atoms with Crippen LogP contribution < -0.4 is 16.0 Å². The average Bonchev–Trinajstić information content (AvgIpc) is 2.45. The minimum absolute atomic E-state index is 0.0490. The van der Waals surface area contributed by atoms with E-state index in [1.165, 1.54) is 0 Å². The van der Waals surface area contributed by atoms with Crippen molar-refractivity contribution >= 4 is 17.6 Å². The van der Waals surface area contributed by atoms with Gasteiger partial charge in [-0.2, -0.15) is 0 Å². The van der Waals surface area contributed by atoms with Gasteiger partial charge in [-0.05, 0) is 25.0 Å². The maximum atomic E-state index is 12.0. The number of rotatable bonds is 8. The third-order valence-corrected chi connectivity index (χ3v) is 2.73. The van der Waals surface area contributed by atoms with Gasteiger partial charge in [-0.1, -0.05) is 13.8 Å². The lowest BCUT2D eigenvalue weighted by Crippen LogP contribution is -2.32. The van der Waals surface area contributed by atoms with Crippen LogP contribution in [0.1, 0.15) is 37.6 Å². The van der Waals surface area contributed by atoms with Gasteiger partial charge in [0.2, 0.25) is 5.91 Å². The summed E-state index contributed by atoms with van der Waals surface area (Å²) in [6, 6.07) is 3.34. The van der Waals surface area contributed by atoms with Gasteiger partial charge in [-0.25, -0.2) is 4.98 Å². The van der Waals surface area contributed by atoms with Gasteiger partial charge in [-0.3, -0.25) is 9.59 Å². The topological polar surface area (TPSA) is 83.1 Å². The Labute approximate surface area is 125 Å². The number of nitrogens with one attached hydrogen (secondary N) is 3. The third-order valence-electron chi connectivity index (χ3n) is 2.73. The molecule has 6 nitrogen and oxygen atoms in total. The first-order valence-electron chi connectivity index (χ1n) is 7.27. The van der Waals surface area contributed by atoms with Crippen LogP contribution >= 0.6 is 0 Å². The van der Waals surface area contributed by atoms with Crippen molar-refractivity contribution in [3.63, 3.8) is 0 Å². The lowest BCUT2D eigenvalue weighted by molar-refractivity contribution is -0.121. The van der Waals surface area contributed by atoms with E-state index in [1.807, 2.05) is 20.8 Å². The van der Waals surface area contributed by atoms with Crippen LogP contribution in [0.15, 0.2) is 18.3 Å². The van der Waals surface area contributed by atoms with Crippen LogP contribution in [0.4, 0.5) is 5.82 Å². The molecule has 2 amide bonds. The van der Waals surface area contributed by atoms with Crippen molar-refractivity contribution in [2.75, 3.05) is 25.0 Å². The summed E-state index contributed by atoms with van der Waals surface area (Å²) in [5, 5.41) is 8.59. The largest absolute Gasteiger partial charge is 0.370 e. The van der Waals surface area contributed by atoms with Gasteiger partial charge in [0, 0.05) is 37.8 Å². The third kappa shape index (κ3) is 6.74. The maximum absolute atomic E-state index is 12.0. The molecular weight excluding hydrogens is 268 g/mol. The molecule has 0 saturated carbocycles. The Hall–Kier alpha value is -2.11. The molecule has 0 fully saturated rings. The molecule has 1 aromatic heterocycles. The van der Waals surface area contributed by atoms with Crippen LogP contribution in [0, 0.1) is 5.92 Å². The highest BCUT2D eigenvalue weighted by molar-refractivity contribution is 5.95. The predicted molar refractivity (Wildman–Crippen MR) is 83.2 cm³/mol. The first-order valence-corrected chi connectivity index (χ1v) is 7.27. The van der Waals surface area contributed by atoms with Crippen molar-refractivity contribution in [3.8, 4) is 0 Å². The molecule has 0 radical (unpaired) electrons. The van der Waals surface area contributed by atoms with Crippen molar-refractivity contribution in [3.05, 3.63) is 23.9 Å². The van der Waals surface area contributed by atoms with Crippen LogP contribution in [0.3, 0.4) is 0 Å². The number of carbonyl (C=O) groups excluding carboxylic acids is 2. The van der Waals surface area contributed by atoms with E-state index in [1.54, 1.807) is 18.3 Å². The quantitative estimate of drug-likeness (QED) is 0.676. The van der Waals surface area contributed by atoms with E-state index in [-0.39, 0.29) is 18.2 Å². The standard InChI is InChI=1S/C15H24N4O2/c1-4-16-13-9-12(5-7-17-13)15(21)18-8-6-14(20)19-10-11(2)3/h5,7,9,11H,4,6,8,10H2,1-3H3,(H,16,17)(H,18,21)(H,19,20). The second kappa shape index (κ2) is 8.94. The molecule has 0 saturated heterocycles. The highest BCUT2D eigenvalue weighted by Gasteiger charge is 2.08. The minimum Gasteiger partial charge on any atom is -0.370 e. The molecule has 6 heteroatoms. The fraction of sp³-hybridized carbons (Fsp3) is 0.533. The zero-order valence-electron chi connectivity index (χ0n) is 12.9. The number of anilines is 1. The number of aromatic nitrogens is 1. The van der Waals surface area contributed by atoms with Gasteiger partial charge in [0.25, 0.3) is 5.91 Å². The minimum atomic E-state index is -0.201. The first-order chi connectivity index (χ1) is 10.0. The fourth-order valence-electron chi connectivity index (χ4n) is 1.65. The van der Waals surface area contributed by atoms with E-state index in [2.05, 4.69) is 20.9 Å². The van der Waals surface area contributed by atoms with Crippen LogP contribution in [0.5, 0.6) is 0 Å². The lowest BCUT2D eigenvalue weighted by atomic mass is 10.2. The number of amides is 2. The fourth-order valence-corrected chi connectivity index (χ4v) is 1.65. The number of hydrogen-bond donors (Lipinski definition) is 3. The molecule has 0 aliphatic carbocycles. The van der Waals surface area contributed by atoms with E-state index < -0.39 is 0 Å². The summed E-state index contributed by atoms with van der Waals surface area (Å²) in [6.45, 7) is 7.75. The van der Waals surface area contributed by atoms with Gasteiger partial charge in [0.05, 0.1) is 0 Å². The van der Waals surface area contributed by atoms with Crippen molar-refractivity contribution < 1.29 is 9.59 Å². The monoisotopic (exact) mass is 292 g/mol. The van der Waals surface area contributed by atoms with E-state index in [0.29, 0.717) is 30.4 Å². The molecule has 0 unspecified atom stereocenters. The van der Waals surface area contributed by atoms with Gasteiger partial charge in [0.1, 0.15) is 5.82 Å². The number of hydrogen-bond acceptors (Lipinski definition) is 4. The number of pyridine rings is 1. The zero-order chi connectivity index (χ0) is 15.7. The van der Waals surface area contributed by atoms with Crippen molar-refractivity contribution in [1.29, 1.82) is 0 Å². The maximum Gasteiger partial charge on any atom is 0.251 e. The van der Waals surface area contributed by atoms with Crippen molar-refractivity contribution in [2.45, 2.75) is 27.2 Å². The molecule has 1 aromatic rings. The molecule has 3 N–H and O–H groups in total. The highest BCUT2D eigenvalue weighted by Crippen LogP contribution is 2.06. The molecule has 0 aliphatic rings. The van der Waals surface area contributed by atoms with Gasteiger partial charge in [-0.15, -0.1) is 0 Å². The number of nitrogens with zero attached hydrogens (tertiary/aromatic N) is 1. The Balaban J connectivity index is 2.36. The van der Waals surface area contributed by atoms with Crippen LogP contribution in [-0.2, 0) is 4.79 Å². The molecule has 0 aliphatic heterocycles. The van der Waals surface area contributed by atoms with Crippen LogP contribution in [0.25, 0.3) is 0 Å². The van der Waals surface area contributed by atoms with Crippen molar-refractivity contribution in [2.24, 2.45) is 5.92 Å². The first kappa shape index (κ1) is 16.9. The molecule has 0 atom stereocenters. The highest BCUT2D eigenvalue weighted by atomic mass is 16.2. The molecule has 0 spiro atoms. The molecule has 21 heavy (non-hydrogen) atoms. The van der Waals surface area contributed by atoms with E-state index in [0.717, 1.165) is 6.54 Å². The number of carbonyl (C=O) groups is 2. The second-order valence-corrected chi connectivity index (χ2v) is 5.16. The van der Waals surface area contributed by atoms with Gasteiger partial charge >= 0.3 is 0 Å². The van der Waals surface area contributed by atoms with Crippen LogP contribution in [-0.4, -0.2) is 36.4 Å². The molecule has 1 rings (SSSR count). The Morgan fingerprint density at radius 3 is 2.71 bits per heavy atom. The summed E-state index contributed by atoms with van der Waals surface area (Å²) >= 11 is 0.